The van der Waals surface area contributed by atoms with E-state index in [1.165, 1.54) is 28.5 Å². The molecular formula is C19H21N3O4S. The van der Waals surface area contributed by atoms with Crippen LogP contribution in [-0.4, -0.2) is 21.1 Å². The lowest BCUT2D eigenvalue weighted by Gasteiger charge is -2.10. The lowest BCUT2D eigenvalue weighted by atomic mass is 9.97. The molecule has 4 rings (SSSR count). The lowest BCUT2D eigenvalue weighted by molar-refractivity contribution is 0.313. The number of aryl methyl sites for hydroxylation is 2. The molecule has 0 saturated carbocycles. The van der Waals surface area contributed by atoms with Gasteiger partial charge in [-0.05, 0) is 37.7 Å². The minimum atomic E-state index is -0.460. The average Bonchev–Trinajstić information content (AvgIpc) is 3.02. The number of pyridine rings is 1. The van der Waals surface area contributed by atoms with Crippen LogP contribution in [-0.2, 0) is 19.4 Å². The number of aromatic amines is 2. The monoisotopic (exact) mass is 387 g/mol. The lowest BCUT2D eigenvalue weighted by Crippen LogP contribution is -2.35. The van der Waals surface area contributed by atoms with Gasteiger partial charge < -0.3 is 9.72 Å². The van der Waals surface area contributed by atoms with Gasteiger partial charge in [0.2, 0.25) is 5.43 Å². The molecule has 1 aliphatic rings. The van der Waals surface area contributed by atoms with Gasteiger partial charge in [0.25, 0.3) is 5.56 Å². The van der Waals surface area contributed by atoms with E-state index in [1.54, 1.807) is 0 Å². The van der Waals surface area contributed by atoms with Crippen molar-refractivity contribution >= 4 is 21.6 Å². The number of fused-ring (bicyclic) bond motifs is 3. The molecule has 3 heterocycles. The van der Waals surface area contributed by atoms with E-state index < -0.39 is 5.69 Å². The summed E-state index contributed by atoms with van der Waals surface area (Å²) in [5.74, 6) is 0.240. The molecule has 2 N–H and O–H groups in total. The van der Waals surface area contributed by atoms with Crippen molar-refractivity contribution in [3.8, 4) is 5.75 Å². The molecule has 0 bridgehead atoms. The highest BCUT2D eigenvalue weighted by molar-refractivity contribution is 7.18. The van der Waals surface area contributed by atoms with E-state index >= 15 is 0 Å². The first-order valence-corrected chi connectivity index (χ1v) is 10.0. The zero-order valence-corrected chi connectivity index (χ0v) is 15.9. The minimum Gasteiger partial charge on any atom is -0.488 e. The number of nitrogens with zero attached hydrogens (tertiary/aromatic N) is 1. The molecule has 0 amide bonds. The molecule has 0 atom stereocenters. The summed E-state index contributed by atoms with van der Waals surface area (Å²) in [6, 6.07) is 1.38. The summed E-state index contributed by atoms with van der Waals surface area (Å²) >= 11 is 1.51. The van der Waals surface area contributed by atoms with Gasteiger partial charge in [-0.25, -0.2) is 4.79 Å². The van der Waals surface area contributed by atoms with Gasteiger partial charge in [0.05, 0.1) is 18.5 Å². The van der Waals surface area contributed by atoms with Crippen molar-refractivity contribution in [1.29, 1.82) is 0 Å². The van der Waals surface area contributed by atoms with E-state index in [2.05, 4.69) is 9.97 Å². The Balaban J connectivity index is 1.74. The van der Waals surface area contributed by atoms with Crippen molar-refractivity contribution in [2.45, 2.75) is 45.6 Å². The van der Waals surface area contributed by atoms with Gasteiger partial charge in [-0.2, -0.15) is 0 Å². The van der Waals surface area contributed by atoms with Gasteiger partial charge >= 0.3 is 5.69 Å². The maximum atomic E-state index is 13.0. The molecule has 27 heavy (non-hydrogen) atoms. The summed E-state index contributed by atoms with van der Waals surface area (Å²) in [5.41, 5.74) is 0.544. The third kappa shape index (κ3) is 3.25. The van der Waals surface area contributed by atoms with Crippen LogP contribution in [0.25, 0.3) is 10.2 Å². The molecule has 7 nitrogen and oxygen atoms in total. The second-order valence-corrected chi connectivity index (χ2v) is 7.88. The maximum absolute atomic E-state index is 13.0. The Morgan fingerprint density at radius 2 is 2.04 bits per heavy atom. The fourth-order valence-corrected chi connectivity index (χ4v) is 4.77. The Morgan fingerprint density at radius 3 is 2.81 bits per heavy atom. The quantitative estimate of drug-likeness (QED) is 0.701. The number of hydrogen-bond acceptors (Lipinski definition) is 5. The van der Waals surface area contributed by atoms with Crippen molar-refractivity contribution < 1.29 is 4.74 Å². The number of aromatic nitrogens is 3. The van der Waals surface area contributed by atoms with E-state index in [4.69, 9.17) is 4.74 Å². The Morgan fingerprint density at radius 1 is 1.22 bits per heavy atom. The number of hydrogen-bond donors (Lipinski definition) is 2. The average molecular weight is 387 g/mol. The molecule has 0 aliphatic heterocycles. The molecule has 0 radical (unpaired) electrons. The van der Waals surface area contributed by atoms with Crippen LogP contribution in [0, 0.1) is 0 Å². The summed E-state index contributed by atoms with van der Waals surface area (Å²) < 4.78 is 6.52. The van der Waals surface area contributed by atoms with Gasteiger partial charge in [0.15, 0.2) is 5.75 Å². The molecule has 0 saturated heterocycles. The minimum absolute atomic E-state index is 0.0119. The summed E-state index contributed by atoms with van der Waals surface area (Å²) in [5, 5.41) is 0.625. The Bertz CT molecular complexity index is 1170. The van der Waals surface area contributed by atoms with Crippen molar-refractivity contribution in [2.24, 2.45) is 0 Å². The van der Waals surface area contributed by atoms with Crippen LogP contribution in [0.2, 0.25) is 0 Å². The number of rotatable bonds is 5. The molecule has 1 aliphatic carbocycles. The molecule has 142 valence electrons. The molecule has 3 aromatic heterocycles. The number of thiophene rings is 1. The van der Waals surface area contributed by atoms with Crippen LogP contribution in [0.5, 0.6) is 5.75 Å². The van der Waals surface area contributed by atoms with E-state index in [0.29, 0.717) is 22.5 Å². The van der Waals surface area contributed by atoms with Crippen molar-refractivity contribution in [3.05, 3.63) is 59.5 Å². The van der Waals surface area contributed by atoms with Crippen molar-refractivity contribution in [3.63, 3.8) is 0 Å². The molecule has 0 aromatic carbocycles. The Kier molecular flexibility index (Phi) is 4.73. The first kappa shape index (κ1) is 17.8. The SMILES string of the molecule is CCCOc1c[nH]c(Cn2c(=O)[nH]c3sc4c(c3c2=O)CCCC4)cc1=O. The first-order valence-electron chi connectivity index (χ1n) is 9.20. The highest BCUT2D eigenvalue weighted by atomic mass is 32.1. The van der Waals surface area contributed by atoms with Gasteiger partial charge in [-0.1, -0.05) is 6.92 Å². The predicted molar refractivity (Wildman–Crippen MR) is 105 cm³/mol. The first-order chi connectivity index (χ1) is 13.1. The molecular weight excluding hydrogens is 366 g/mol. The smallest absolute Gasteiger partial charge is 0.329 e. The van der Waals surface area contributed by atoms with E-state index in [0.717, 1.165) is 42.2 Å². The van der Waals surface area contributed by atoms with Crippen LogP contribution in [0.15, 0.2) is 26.6 Å². The van der Waals surface area contributed by atoms with E-state index in [-0.39, 0.29) is 23.3 Å². The summed E-state index contributed by atoms with van der Waals surface area (Å²) in [7, 11) is 0. The van der Waals surface area contributed by atoms with Crippen molar-refractivity contribution in [1.82, 2.24) is 14.5 Å². The zero-order chi connectivity index (χ0) is 19.0. The molecule has 0 spiro atoms. The Hall–Kier alpha value is -2.61. The number of H-pyrrole nitrogens is 2. The second-order valence-electron chi connectivity index (χ2n) is 6.77. The fraction of sp³-hybridized carbons (Fsp3) is 0.421. The van der Waals surface area contributed by atoms with Crippen LogP contribution in [0.1, 0.15) is 42.3 Å². The van der Waals surface area contributed by atoms with Gasteiger partial charge in [0, 0.05) is 22.8 Å². The summed E-state index contributed by atoms with van der Waals surface area (Å²) in [4.78, 5) is 45.3. The molecule has 0 fully saturated rings. The third-order valence-corrected chi connectivity index (χ3v) is 6.03. The fourth-order valence-electron chi connectivity index (χ4n) is 3.50. The van der Waals surface area contributed by atoms with Crippen LogP contribution < -0.4 is 21.4 Å². The normalized spacial score (nSPS) is 13.7. The van der Waals surface area contributed by atoms with Gasteiger partial charge in [-0.15, -0.1) is 11.3 Å². The predicted octanol–water partition coefficient (Wildman–Crippen LogP) is 2.16. The van der Waals surface area contributed by atoms with Crippen LogP contribution in [0.3, 0.4) is 0 Å². The zero-order valence-electron chi connectivity index (χ0n) is 15.1. The topological polar surface area (TPSA) is 96.9 Å². The molecule has 8 heteroatoms. The highest BCUT2D eigenvalue weighted by Crippen LogP contribution is 2.32. The van der Waals surface area contributed by atoms with Crippen LogP contribution in [0.4, 0.5) is 0 Å². The van der Waals surface area contributed by atoms with Gasteiger partial charge in [-0.3, -0.25) is 19.1 Å². The molecule has 0 unspecified atom stereocenters. The van der Waals surface area contributed by atoms with E-state index in [9.17, 15) is 14.4 Å². The number of ether oxygens (including phenoxy) is 1. The van der Waals surface area contributed by atoms with Crippen molar-refractivity contribution in [2.75, 3.05) is 6.61 Å². The van der Waals surface area contributed by atoms with E-state index in [1.807, 2.05) is 6.92 Å². The standard InChI is InChI=1S/C19H21N3O4S/c1-2-7-26-14-9-20-11(8-13(14)23)10-22-18(24)16-12-5-3-4-6-15(12)27-17(16)21-19(22)25/h8-9H,2-7,10H2,1H3,(H,20,23)(H,21,25). The summed E-state index contributed by atoms with van der Waals surface area (Å²) in [6.07, 6.45) is 6.30. The Labute approximate surface area is 158 Å². The highest BCUT2D eigenvalue weighted by Gasteiger charge is 2.21. The van der Waals surface area contributed by atoms with Crippen LogP contribution >= 0.6 is 11.3 Å². The maximum Gasteiger partial charge on any atom is 0.329 e. The number of nitrogens with one attached hydrogen (secondary N) is 2. The second kappa shape index (κ2) is 7.19. The third-order valence-electron chi connectivity index (χ3n) is 4.82. The largest absolute Gasteiger partial charge is 0.488 e. The summed E-state index contributed by atoms with van der Waals surface area (Å²) in [6.45, 7) is 2.43. The molecule has 3 aromatic rings. The van der Waals surface area contributed by atoms with Gasteiger partial charge in [0.1, 0.15) is 4.83 Å².